The van der Waals surface area contributed by atoms with Gasteiger partial charge >= 0.3 is 0 Å². The van der Waals surface area contributed by atoms with Crippen molar-refractivity contribution in [2.75, 3.05) is 5.32 Å². The van der Waals surface area contributed by atoms with E-state index < -0.39 is 0 Å². The van der Waals surface area contributed by atoms with E-state index in [4.69, 9.17) is 5.73 Å². The Kier molecular flexibility index (Phi) is 8.18. The summed E-state index contributed by atoms with van der Waals surface area (Å²) in [6, 6.07) is 4.06. The van der Waals surface area contributed by atoms with E-state index in [2.05, 4.69) is 15.4 Å². The molecular formula is C16H23Cl2N5O. The molecule has 2 aromatic heterocycles. The smallest absolute Gasteiger partial charge is 0.224 e. The third kappa shape index (κ3) is 5.47. The number of halogens is 2. The first-order chi connectivity index (χ1) is 10.7. The maximum absolute atomic E-state index is 12.1. The fourth-order valence-electron chi connectivity index (χ4n) is 2.96. The van der Waals surface area contributed by atoms with E-state index in [-0.39, 0.29) is 36.8 Å². The van der Waals surface area contributed by atoms with Crippen LogP contribution < -0.4 is 11.1 Å². The Balaban J connectivity index is 0.00000144. The number of nitrogens with one attached hydrogen (secondary N) is 1. The van der Waals surface area contributed by atoms with E-state index in [1.165, 1.54) is 0 Å². The van der Waals surface area contributed by atoms with Crippen molar-refractivity contribution in [2.24, 2.45) is 11.7 Å². The van der Waals surface area contributed by atoms with Gasteiger partial charge < -0.3 is 11.1 Å². The third-order valence-corrected chi connectivity index (χ3v) is 4.18. The lowest BCUT2D eigenvalue weighted by molar-refractivity contribution is -0.117. The van der Waals surface area contributed by atoms with Crippen LogP contribution in [-0.4, -0.2) is 26.7 Å². The van der Waals surface area contributed by atoms with E-state index in [1.54, 1.807) is 23.3 Å². The van der Waals surface area contributed by atoms with Crippen molar-refractivity contribution < 1.29 is 4.79 Å². The molecule has 1 aliphatic rings. The number of carbonyl (C=O) groups is 1. The number of nitrogens with two attached hydrogens (primary N) is 1. The molecular weight excluding hydrogens is 349 g/mol. The molecule has 2 heterocycles. The first-order valence-electron chi connectivity index (χ1n) is 7.67. The van der Waals surface area contributed by atoms with Gasteiger partial charge in [-0.3, -0.25) is 14.5 Å². The fourth-order valence-corrected chi connectivity index (χ4v) is 2.96. The molecule has 0 radical (unpaired) electrons. The van der Waals surface area contributed by atoms with Crippen molar-refractivity contribution in [3.63, 3.8) is 0 Å². The van der Waals surface area contributed by atoms with Gasteiger partial charge in [0.15, 0.2) is 0 Å². The summed E-state index contributed by atoms with van der Waals surface area (Å²) in [5.74, 6) is 0.331. The summed E-state index contributed by atoms with van der Waals surface area (Å²) in [4.78, 5) is 16.1. The molecule has 1 amide bonds. The predicted octanol–water partition coefficient (Wildman–Crippen LogP) is 2.63. The highest BCUT2D eigenvalue weighted by atomic mass is 35.5. The number of carbonyl (C=O) groups excluding carboxylic acids is 1. The van der Waals surface area contributed by atoms with Gasteiger partial charge in [0.1, 0.15) is 0 Å². The van der Waals surface area contributed by atoms with Crippen molar-refractivity contribution in [3.05, 3.63) is 42.5 Å². The van der Waals surface area contributed by atoms with E-state index in [0.29, 0.717) is 18.9 Å². The van der Waals surface area contributed by atoms with Crippen LogP contribution in [0, 0.1) is 5.92 Å². The van der Waals surface area contributed by atoms with Crippen LogP contribution in [0.15, 0.2) is 36.9 Å². The molecule has 0 saturated heterocycles. The summed E-state index contributed by atoms with van der Waals surface area (Å²) in [5, 5.41) is 7.17. The Morgan fingerprint density at radius 1 is 1.29 bits per heavy atom. The molecule has 1 saturated carbocycles. The van der Waals surface area contributed by atoms with Gasteiger partial charge in [0.05, 0.1) is 18.4 Å². The SMILES string of the molecule is Cl.Cl.N[C@@H]1CCC[C@H]1CC(=O)Nc1cnn(Cc2ccncc2)c1. The summed E-state index contributed by atoms with van der Waals surface area (Å²) in [7, 11) is 0. The number of pyridine rings is 1. The molecule has 2 aromatic rings. The molecule has 24 heavy (non-hydrogen) atoms. The molecule has 0 bridgehead atoms. The number of anilines is 1. The summed E-state index contributed by atoms with van der Waals surface area (Å²) < 4.78 is 1.80. The normalized spacial score (nSPS) is 19.2. The summed E-state index contributed by atoms with van der Waals surface area (Å²) >= 11 is 0. The van der Waals surface area contributed by atoms with Gasteiger partial charge in [-0.25, -0.2) is 0 Å². The number of amides is 1. The molecule has 6 nitrogen and oxygen atoms in total. The maximum atomic E-state index is 12.1. The molecule has 0 aliphatic heterocycles. The first kappa shape index (κ1) is 20.4. The molecule has 1 fully saturated rings. The van der Waals surface area contributed by atoms with Crippen LogP contribution in [0.25, 0.3) is 0 Å². The molecule has 3 rings (SSSR count). The van der Waals surface area contributed by atoms with Crippen molar-refractivity contribution in [3.8, 4) is 0 Å². The molecule has 132 valence electrons. The van der Waals surface area contributed by atoms with Gasteiger partial charge in [0.25, 0.3) is 0 Å². The van der Waals surface area contributed by atoms with Gasteiger partial charge in [0.2, 0.25) is 5.91 Å². The second kappa shape index (κ2) is 9.61. The van der Waals surface area contributed by atoms with Crippen LogP contribution >= 0.6 is 24.8 Å². The van der Waals surface area contributed by atoms with Crippen LogP contribution in [0.2, 0.25) is 0 Å². The van der Waals surface area contributed by atoms with Crippen LogP contribution in [0.1, 0.15) is 31.2 Å². The molecule has 0 unspecified atom stereocenters. The second-order valence-corrected chi connectivity index (χ2v) is 5.89. The van der Waals surface area contributed by atoms with Crippen LogP contribution in [-0.2, 0) is 11.3 Å². The predicted molar refractivity (Wildman–Crippen MR) is 98.6 cm³/mol. The molecule has 8 heteroatoms. The summed E-state index contributed by atoms with van der Waals surface area (Å²) in [6.45, 7) is 0.659. The standard InChI is InChI=1S/C16H21N5O.2ClH/c17-15-3-1-2-13(15)8-16(22)20-14-9-19-21(11-14)10-12-4-6-18-7-5-12;;/h4-7,9,11,13,15H,1-3,8,10,17H2,(H,20,22);2*1H/t13-,15+;;/m0../s1. The third-order valence-electron chi connectivity index (χ3n) is 4.18. The van der Waals surface area contributed by atoms with E-state index in [9.17, 15) is 4.79 Å². The minimum absolute atomic E-state index is 0. The summed E-state index contributed by atoms with van der Waals surface area (Å²) in [6.07, 6.45) is 10.7. The van der Waals surface area contributed by atoms with Gasteiger partial charge in [-0.05, 0) is 36.5 Å². The monoisotopic (exact) mass is 371 g/mol. The van der Waals surface area contributed by atoms with Crippen molar-refractivity contribution in [1.29, 1.82) is 0 Å². The number of aromatic nitrogens is 3. The lowest BCUT2D eigenvalue weighted by Crippen LogP contribution is -2.28. The molecule has 0 spiro atoms. The average molecular weight is 372 g/mol. The topological polar surface area (TPSA) is 85.8 Å². The maximum Gasteiger partial charge on any atom is 0.224 e. The van der Waals surface area contributed by atoms with E-state index in [0.717, 1.165) is 30.5 Å². The van der Waals surface area contributed by atoms with Crippen molar-refractivity contribution in [2.45, 2.75) is 38.3 Å². The van der Waals surface area contributed by atoms with Crippen LogP contribution in [0.5, 0.6) is 0 Å². The van der Waals surface area contributed by atoms with Crippen LogP contribution in [0.4, 0.5) is 5.69 Å². The highest BCUT2D eigenvalue weighted by molar-refractivity contribution is 5.90. The van der Waals surface area contributed by atoms with Gasteiger partial charge in [-0.15, -0.1) is 24.8 Å². The molecule has 1 aliphatic carbocycles. The number of hydrogen-bond donors (Lipinski definition) is 2. The minimum atomic E-state index is 0. The highest BCUT2D eigenvalue weighted by Gasteiger charge is 2.26. The zero-order valence-electron chi connectivity index (χ0n) is 13.3. The van der Waals surface area contributed by atoms with Crippen LogP contribution in [0.3, 0.4) is 0 Å². The number of nitrogens with zero attached hydrogens (tertiary/aromatic N) is 3. The fraction of sp³-hybridized carbons (Fsp3) is 0.438. The lowest BCUT2D eigenvalue weighted by Gasteiger charge is -2.14. The Morgan fingerprint density at radius 2 is 2.04 bits per heavy atom. The van der Waals surface area contributed by atoms with Gasteiger partial charge in [-0.1, -0.05) is 6.42 Å². The second-order valence-electron chi connectivity index (χ2n) is 5.89. The lowest BCUT2D eigenvalue weighted by atomic mass is 10.00. The summed E-state index contributed by atoms with van der Waals surface area (Å²) in [5.41, 5.74) is 7.86. The van der Waals surface area contributed by atoms with Gasteiger partial charge in [-0.2, -0.15) is 5.10 Å². The first-order valence-corrected chi connectivity index (χ1v) is 7.67. The Bertz CT molecular complexity index is 634. The molecule has 2 atom stereocenters. The van der Waals surface area contributed by atoms with Crippen molar-refractivity contribution in [1.82, 2.24) is 14.8 Å². The molecule has 0 aromatic carbocycles. The average Bonchev–Trinajstić information content (AvgIpc) is 3.10. The van der Waals surface area contributed by atoms with Gasteiger partial charge in [0, 0.05) is 31.1 Å². The van der Waals surface area contributed by atoms with E-state index >= 15 is 0 Å². The Hall–Kier alpha value is -1.63. The van der Waals surface area contributed by atoms with E-state index in [1.807, 2.05) is 18.3 Å². The largest absolute Gasteiger partial charge is 0.327 e. The zero-order chi connectivity index (χ0) is 15.4. The quantitative estimate of drug-likeness (QED) is 0.845. The number of hydrogen-bond acceptors (Lipinski definition) is 4. The van der Waals surface area contributed by atoms with Crippen molar-refractivity contribution >= 4 is 36.4 Å². The zero-order valence-corrected chi connectivity index (χ0v) is 14.9. The Labute approximate surface area is 154 Å². The number of rotatable bonds is 5. The minimum Gasteiger partial charge on any atom is -0.327 e. The Morgan fingerprint density at radius 3 is 2.71 bits per heavy atom. The highest BCUT2D eigenvalue weighted by Crippen LogP contribution is 2.27. The molecule has 3 N–H and O–H groups in total.